The van der Waals surface area contributed by atoms with Crippen molar-refractivity contribution in [3.8, 4) is 5.69 Å². The molecule has 9 heteroatoms. The molecule has 0 atom stereocenters. The third-order valence-corrected chi connectivity index (χ3v) is 6.26. The molecule has 27 heavy (non-hydrogen) atoms. The topological polar surface area (TPSA) is 93.5 Å². The van der Waals surface area contributed by atoms with Gasteiger partial charge in [-0.3, -0.25) is 9.36 Å². The van der Waals surface area contributed by atoms with Crippen LogP contribution in [0.25, 0.3) is 5.69 Å². The molecule has 2 aromatic rings. The Labute approximate surface area is 159 Å². The Morgan fingerprint density at radius 2 is 2.07 bits per heavy atom. The highest BCUT2D eigenvalue weighted by atomic mass is 32.2. The van der Waals surface area contributed by atoms with Crippen molar-refractivity contribution in [2.75, 3.05) is 26.8 Å². The number of sulfonamides is 1. The summed E-state index contributed by atoms with van der Waals surface area (Å²) in [7, 11) is -2.20. The summed E-state index contributed by atoms with van der Waals surface area (Å²) >= 11 is 0. The minimum atomic E-state index is -3.72. The van der Waals surface area contributed by atoms with E-state index < -0.39 is 10.0 Å². The highest BCUT2D eigenvalue weighted by Crippen LogP contribution is 2.31. The third kappa shape index (κ3) is 3.76. The number of benzene rings is 1. The van der Waals surface area contributed by atoms with Crippen molar-refractivity contribution >= 4 is 15.9 Å². The maximum absolute atomic E-state index is 13.1. The minimum Gasteiger partial charge on any atom is -0.383 e. The number of aromatic nitrogens is 2. The van der Waals surface area contributed by atoms with Crippen molar-refractivity contribution in [3.05, 3.63) is 42.0 Å². The summed E-state index contributed by atoms with van der Waals surface area (Å²) < 4.78 is 34.3. The number of methoxy groups -OCH3 is 1. The standard InChI is InChI=1S/C18H24N4O4S/c1-13(2)10-19-18(23)17-15-11-21(8-9-26-3)27(24,25)16-7-5-4-6-14(16)22(15)12-20-17/h4-7,12-13H,8-11H2,1-3H3,(H,19,23). The van der Waals surface area contributed by atoms with Crippen molar-refractivity contribution < 1.29 is 17.9 Å². The van der Waals surface area contributed by atoms with Crippen LogP contribution in [0.1, 0.15) is 30.0 Å². The fourth-order valence-corrected chi connectivity index (χ4v) is 4.53. The van der Waals surface area contributed by atoms with Crippen LogP contribution in [0, 0.1) is 5.92 Å². The Kier molecular flexibility index (Phi) is 5.64. The molecule has 0 unspecified atom stereocenters. The predicted molar refractivity (Wildman–Crippen MR) is 100 cm³/mol. The second-order valence-corrected chi connectivity index (χ2v) is 8.72. The Balaban J connectivity index is 2.09. The van der Waals surface area contributed by atoms with Crippen LogP contribution in [-0.2, 0) is 21.3 Å². The first-order valence-electron chi connectivity index (χ1n) is 8.79. The van der Waals surface area contributed by atoms with E-state index in [0.717, 1.165) is 0 Å². The first-order chi connectivity index (χ1) is 12.9. The van der Waals surface area contributed by atoms with Gasteiger partial charge in [0, 0.05) is 20.2 Å². The molecule has 0 fully saturated rings. The second-order valence-electron chi connectivity index (χ2n) is 6.81. The van der Waals surface area contributed by atoms with Crippen LogP contribution in [0.4, 0.5) is 0 Å². The van der Waals surface area contributed by atoms with E-state index in [4.69, 9.17) is 4.74 Å². The Morgan fingerprint density at radius 3 is 2.78 bits per heavy atom. The lowest BCUT2D eigenvalue weighted by Crippen LogP contribution is -2.34. The van der Waals surface area contributed by atoms with Crippen LogP contribution in [-0.4, -0.2) is 55.0 Å². The van der Waals surface area contributed by atoms with Gasteiger partial charge < -0.3 is 10.1 Å². The molecular weight excluding hydrogens is 368 g/mol. The average Bonchev–Trinajstić information content (AvgIpc) is 3.02. The van der Waals surface area contributed by atoms with E-state index in [2.05, 4.69) is 10.3 Å². The largest absolute Gasteiger partial charge is 0.383 e. The summed E-state index contributed by atoms with van der Waals surface area (Å²) in [5.41, 5.74) is 1.27. The summed E-state index contributed by atoms with van der Waals surface area (Å²) in [6, 6.07) is 6.73. The van der Waals surface area contributed by atoms with E-state index in [0.29, 0.717) is 23.8 Å². The molecule has 3 rings (SSSR count). The predicted octanol–water partition coefficient (Wildman–Crippen LogP) is 1.41. The van der Waals surface area contributed by atoms with Gasteiger partial charge in [-0.25, -0.2) is 13.4 Å². The van der Waals surface area contributed by atoms with Crippen LogP contribution < -0.4 is 5.32 Å². The van der Waals surface area contributed by atoms with Gasteiger partial charge in [0.1, 0.15) is 11.2 Å². The monoisotopic (exact) mass is 392 g/mol. The van der Waals surface area contributed by atoms with Gasteiger partial charge in [-0.15, -0.1) is 0 Å². The molecule has 146 valence electrons. The number of para-hydroxylation sites is 1. The molecule has 1 aromatic carbocycles. The smallest absolute Gasteiger partial charge is 0.271 e. The van der Waals surface area contributed by atoms with Gasteiger partial charge in [0.25, 0.3) is 5.91 Å². The first kappa shape index (κ1) is 19.5. The highest BCUT2D eigenvalue weighted by molar-refractivity contribution is 7.89. The third-order valence-electron chi connectivity index (χ3n) is 4.37. The number of carbonyl (C=O) groups excluding carboxylic acids is 1. The number of fused-ring (bicyclic) bond motifs is 3. The maximum atomic E-state index is 13.1. The van der Waals surface area contributed by atoms with Gasteiger partial charge in [0.15, 0.2) is 5.69 Å². The molecule has 0 spiro atoms. The Bertz CT molecular complexity index is 937. The zero-order valence-electron chi connectivity index (χ0n) is 15.7. The number of hydrogen-bond acceptors (Lipinski definition) is 5. The van der Waals surface area contributed by atoms with Crippen molar-refractivity contribution in [3.63, 3.8) is 0 Å². The quantitative estimate of drug-likeness (QED) is 0.802. The molecule has 0 aliphatic carbocycles. The van der Waals surface area contributed by atoms with Gasteiger partial charge in [-0.05, 0) is 18.1 Å². The minimum absolute atomic E-state index is 0.0464. The summed E-state index contributed by atoms with van der Waals surface area (Å²) in [5, 5.41) is 2.85. The van der Waals surface area contributed by atoms with E-state index in [1.807, 2.05) is 13.8 Å². The maximum Gasteiger partial charge on any atom is 0.271 e. The lowest BCUT2D eigenvalue weighted by molar-refractivity contribution is 0.0942. The number of rotatable bonds is 6. The molecule has 1 amide bonds. The average molecular weight is 392 g/mol. The Hall–Kier alpha value is -2.23. The molecule has 1 aliphatic heterocycles. The van der Waals surface area contributed by atoms with Crippen LogP contribution in [0.3, 0.4) is 0 Å². The number of hydrogen-bond donors (Lipinski definition) is 1. The van der Waals surface area contributed by atoms with Crippen molar-refractivity contribution in [2.24, 2.45) is 5.92 Å². The molecule has 0 bridgehead atoms. The number of amides is 1. The Morgan fingerprint density at radius 1 is 1.33 bits per heavy atom. The fraction of sp³-hybridized carbons (Fsp3) is 0.444. The molecule has 1 aliphatic rings. The van der Waals surface area contributed by atoms with Gasteiger partial charge >= 0.3 is 0 Å². The molecule has 2 heterocycles. The summed E-state index contributed by atoms with van der Waals surface area (Å²) in [4.78, 5) is 17.1. The molecule has 0 saturated carbocycles. The summed E-state index contributed by atoms with van der Waals surface area (Å²) in [5.74, 6) is -0.00426. The van der Waals surface area contributed by atoms with E-state index in [9.17, 15) is 13.2 Å². The van der Waals surface area contributed by atoms with Crippen LogP contribution in [0.2, 0.25) is 0 Å². The van der Waals surface area contributed by atoms with Crippen LogP contribution in [0.5, 0.6) is 0 Å². The van der Waals surface area contributed by atoms with Gasteiger partial charge in [0.05, 0.1) is 24.5 Å². The second kappa shape index (κ2) is 7.79. The van der Waals surface area contributed by atoms with Crippen LogP contribution in [0.15, 0.2) is 35.5 Å². The van der Waals surface area contributed by atoms with Crippen LogP contribution >= 0.6 is 0 Å². The zero-order valence-corrected chi connectivity index (χ0v) is 16.5. The van der Waals surface area contributed by atoms with E-state index >= 15 is 0 Å². The number of carbonyl (C=O) groups is 1. The molecule has 1 aromatic heterocycles. The summed E-state index contributed by atoms with van der Waals surface area (Å²) in [6.07, 6.45) is 1.51. The molecule has 0 radical (unpaired) electrons. The van der Waals surface area contributed by atoms with Crippen molar-refractivity contribution in [1.82, 2.24) is 19.2 Å². The zero-order chi connectivity index (χ0) is 19.6. The van der Waals surface area contributed by atoms with Crippen molar-refractivity contribution in [2.45, 2.75) is 25.3 Å². The highest BCUT2D eigenvalue weighted by Gasteiger charge is 2.34. The molecule has 0 saturated heterocycles. The summed E-state index contributed by atoms with van der Waals surface area (Å²) in [6.45, 7) is 5.01. The SMILES string of the molecule is COCCN1Cc2c(C(=O)NCC(C)C)ncn2-c2ccccc2S1(=O)=O. The number of nitrogens with zero attached hydrogens (tertiary/aromatic N) is 3. The van der Waals surface area contributed by atoms with E-state index in [1.54, 1.807) is 28.8 Å². The molecule has 1 N–H and O–H groups in total. The lowest BCUT2D eigenvalue weighted by atomic mass is 10.2. The van der Waals surface area contributed by atoms with E-state index in [1.165, 1.54) is 17.7 Å². The number of ether oxygens (including phenoxy) is 1. The van der Waals surface area contributed by atoms with E-state index in [-0.39, 0.29) is 36.2 Å². The fourth-order valence-electron chi connectivity index (χ4n) is 2.96. The lowest BCUT2D eigenvalue weighted by Gasteiger charge is -2.20. The number of nitrogens with one attached hydrogen (secondary N) is 1. The van der Waals surface area contributed by atoms with Gasteiger partial charge in [-0.1, -0.05) is 26.0 Å². The van der Waals surface area contributed by atoms with Gasteiger partial charge in [0.2, 0.25) is 10.0 Å². The van der Waals surface area contributed by atoms with Gasteiger partial charge in [-0.2, -0.15) is 4.31 Å². The first-order valence-corrected chi connectivity index (χ1v) is 10.2. The molecule has 8 nitrogen and oxygen atoms in total. The normalized spacial score (nSPS) is 15.9. The number of imidazole rings is 1. The van der Waals surface area contributed by atoms with Crippen molar-refractivity contribution in [1.29, 1.82) is 0 Å². The molecular formula is C18H24N4O4S.